The van der Waals surface area contributed by atoms with Crippen molar-refractivity contribution >= 4 is 0 Å². The van der Waals surface area contributed by atoms with E-state index in [9.17, 15) is 0 Å². The summed E-state index contributed by atoms with van der Waals surface area (Å²) in [4.78, 5) is 0. The first-order valence-electron chi connectivity index (χ1n) is 3.87. The molecule has 3 heteroatoms. The van der Waals surface area contributed by atoms with E-state index < -0.39 is 0 Å². The van der Waals surface area contributed by atoms with E-state index in [0.717, 1.165) is 0 Å². The molecule has 1 heterocycles. The van der Waals surface area contributed by atoms with Gasteiger partial charge < -0.3 is 5.73 Å². The molecule has 0 aromatic carbocycles. The molecule has 1 aromatic rings. The van der Waals surface area contributed by atoms with Crippen LogP contribution in [-0.2, 0) is 0 Å². The quantitative estimate of drug-likeness (QED) is 0.691. The molecule has 0 saturated heterocycles. The number of rotatable bonds is 2. The molecule has 2 N–H and O–H groups in total. The fraction of sp³-hybridized carbons (Fsp3) is 0.625. The number of nitrogens with two attached hydrogens (primary N) is 1. The summed E-state index contributed by atoms with van der Waals surface area (Å²) in [5.41, 5.74) is 6.89. The zero-order valence-electron chi connectivity index (χ0n) is 7.28. The average Bonchev–Trinajstić information content (AvgIpc) is 2.34. The van der Waals surface area contributed by atoms with E-state index in [0.29, 0.717) is 0 Å². The Balaban J connectivity index is 2.76. The molecule has 0 spiro atoms. The highest BCUT2D eigenvalue weighted by atomic mass is 15.3. The number of aromatic nitrogens is 2. The molecule has 0 radical (unpaired) electrons. The summed E-state index contributed by atoms with van der Waals surface area (Å²) in [6.45, 7) is 6.08. The fourth-order valence-electron chi connectivity index (χ4n) is 0.897. The first kappa shape index (κ1) is 8.27. The molecule has 0 aliphatic rings. The molecule has 2 atom stereocenters. The minimum absolute atomic E-state index is 0.147. The first-order valence-corrected chi connectivity index (χ1v) is 3.87. The van der Waals surface area contributed by atoms with Gasteiger partial charge in [-0.3, -0.25) is 4.68 Å². The zero-order chi connectivity index (χ0) is 8.43. The highest BCUT2D eigenvalue weighted by molar-refractivity contribution is 5.00. The minimum atomic E-state index is 0.147. The normalized spacial score (nSPS) is 16.4. The second-order valence-electron chi connectivity index (χ2n) is 3.10. The predicted molar refractivity (Wildman–Crippen MR) is 45.3 cm³/mol. The van der Waals surface area contributed by atoms with Crippen molar-refractivity contribution in [3.05, 3.63) is 18.0 Å². The van der Waals surface area contributed by atoms with Crippen molar-refractivity contribution in [3.8, 4) is 0 Å². The van der Waals surface area contributed by atoms with Crippen LogP contribution in [-0.4, -0.2) is 15.8 Å². The van der Waals surface area contributed by atoms with Crippen LogP contribution in [0.2, 0.25) is 0 Å². The Hall–Kier alpha value is -0.830. The summed E-state index contributed by atoms with van der Waals surface area (Å²) in [5, 5.41) is 4.17. The summed E-state index contributed by atoms with van der Waals surface area (Å²) in [5.74, 6) is 0. The van der Waals surface area contributed by atoms with Gasteiger partial charge in [0.05, 0.1) is 12.2 Å². The lowest BCUT2D eigenvalue weighted by Gasteiger charge is -2.15. The van der Waals surface area contributed by atoms with Crippen molar-refractivity contribution in [2.24, 2.45) is 5.73 Å². The largest absolute Gasteiger partial charge is 0.326 e. The van der Waals surface area contributed by atoms with Crippen molar-refractivity contribution < 1.29 is 0 Å². The summed E-state index contributed by atoms with van der Waals surface area (Å²) < 4.78 is 1.90. The van der Waals surface area contributed by atoms with Gasteiger partial charge in [0, 0.05) is 12.2 Å². The maximum atomic E-state index is 5.72. The Morgan fingerprint density at radius 2 is 2.18 bits per heavy atom. The van der Waals surface area contributed by atoms with E-state index in [-0.39, 0.29) is 12.1 Å². The Kier molecular flexibility index (Phi) is 2.29. The van der Waals surface area contributed by atoms with Crippen molar-refractivity contribution in [2.75, 3.05) is 0 Å². The first-order chi connectivity index (χ1) is 5.11. The van der Waals surface area contributed by atoms with Gasteiger partial charge in [-0.25, -0.2) is 0 Å². The van der Waals surface area contributed by atoms with Gasteiger partial charge in [0.15, 0.2) is 0 Å². The van der Waals surface area contributed by atoms with Crippen LogP contribution in [0.1, 0.15) is 25.5 Å². The van der Waals surface area contributed by atoms with Gasteiger partial charge in [0.2, 0.25) is 0 Å². The minimum Gasteiger partial charge on any atom is -0.326 e. The molecule has 3 nitrogen and oxygen atoms in total. The van der Waals surface area contributed by atoms with Gasteiger partial charge in [0.25, 0.3) is 0 Å². The molecule has 0 amide bonds. The smallest absolute Gasteiger partial charge is 0.0639 e. The van der Waals surface area contributed by atoms with E-state index >= 15 is 0 Å². The molecule has 0 aliphatic carbocycles. The number of hydrogen-bond acceptors (Lipinski definition) is 2. The highest BCUT2D eigenvalue weighted by Gasteiger charge is 2.09. The summed E-state index contributed by atoms with van der Waals surface area (Å²) in [6, 6.07) is 0.429. The van der Waals surface area contributed by atoms with Crippen LogP contribution in [0.25, 0.3) is 0 Å². The maximum Gasteiger partial charge on any atom is 0.0639 e. The molecular formula is C8H15N3. The number of aryl methyl sites for hydroxylation is 1. The lowest BCUT2D eigenvalue weighted by molar-refractivity contribution is 0.425. The van der Waals surface area contributed by atoms with E-state index in [2.05, 4.69) is 12.0 Å². The molecule has 11 heavy (non-hydrogen) atoms. The van der Waals surface area contributed by atoms with Gasteiger partial charge >= 0.3 is 0 Å². The van der Waals surface area contributed by atoms with Crippen LogP contribution >= 0.6 is 0 Å². The van der Waals surface area contributed by atoms with E-state index in [1.54, 1.807) is 0 Å². The Labute approximate surface area is 67.2 Å². The average molecular weight is 153 g/mol. The van der Waals surface area contributed by atoms with Crippen LogP contribution in [0.15, 0.2) is 12.4 Å². The second kappa shape index (κ2) is 3.05. The van der Waals surface area contributed by atoms with Crippen LogP contribution in [0.5, 0.6) is 0 Å². The lowest BCUT2D eigenvalue weighted by atomic mass is 10.2. The van der Waals surface area contributed by atoms with E-state index in [4.69, 9.17) is 5.73 Å². The Morgan fingerprint density at radius 1 is 1.55 bits per heavy atom. The fourth-order valence-corrected chi connectivity index (χ4v) is 0.897. The standard InChI is InChI=1S/C8H15N3/c1-6-4-10-11(5-6)8(3)7(2)9/h4-5,7-8H,9H2,1-3H3. The zero-order valence-corrected chi connectivity index (χ0v) is 7.28. The van der Waals surface area contributed by atoms with Crippen LogP contribution < -0.4 is 5.73 Å². The lowest BCUT2D eigenvalue weighted by Crippen LogP contribution is -2.27. The Bertz CT molecular complexity index is 227. The van der Waals surface area contributed by atoms with Crippen LogP contribution in [0, 0.1) is 6.92 Å². The van der Waals surface area contributed by atoms with E-state index in [1.165, 1.54) is 5.56 Å². The summed E-state index contributed by atoms with van der Waals surface area (Å²) >= 11 is 0. The molecule has 62 valence electrons. The third kappa shape index (κ3) is 1.80. The molecule has 0 bridgehead atoms. The van der Waals surface area contributed by atoms with Crippen molar-refractivity contribution in [1.29, 1.82) is 0 Å². The number of nitrogens with zero attached hydrogens (tertiary/aromatic N) is 2. The Morgan fingerprint density at radius 3 is 2.55 bits per heavy atom. The van der Waals surface area contributed by atoms with Gasteiger partial charge in [-0.1, -0.05) is 0 Å². The second-order valence-corrected chi connectivity index (χ2v) is 3.10. The molecule has 0 saturated carbocycles. The van der Waals surface area contributed by atoms with Crippen LogP contribution in [0.3, 0.4) is 0 Å². The van der Waals surface area contributed by atoms with E-state index in [1.807, 2.05) is 30.9 Å². The maximum absolute atomic E-state index is 5.72. The summed E-state index contributed by atoms with van der Waals surface area (Å²) in [6.07, 6.45) is 3.85. The molecule has 1 aromatic heterocycles. The monoisotopic (exact) mass is 153 g/mol. The van der Waals surface area contributed by atoms with Crippen molar-refractivity contribution in [2.45, 2.75) is 32.9 Å². The molecule has 0 fully saturated rings. The molecule has 2 unspecified atom stereocenters. The molecule has 1 rings (SSSR count). The van der Waals surface area contributed by atoms with Crippen LogP contribution in [0.4, 0.5) is 0 Å². The number of hydrogen-bond donors (Lipinski definition) is 1. The summed E-state index contributed by atoms with van der Waals surface area (Å²) in [7, 11) is 0. The molecular weight excluding hydrogens is 138 g/mol. The van der Waals surface area contributed by atoms with Crippen molar-refractivity contribution in [1.82, 2.24) is 9.78 Å². The van der Waals surface area contributed by atoms with Gasteiger partial charge in [-0.2, -0.15) is 5.10 Å². The third-order valence-corrected chi connectivity index (χ3v) is 1.91. The topological polar surface area (TPSA) is 43.8 Å². The SMILES string of the molecule is Cc1cnn(C(C)C(C)N)c1. The molecule has 0 aliphatic heterocycles. The third-order valence-electron chi connectivity index (χ3n) is 1.91. The van der Waals surface area contributed by atoms with Gasteiger partial charge in [-0.15, -0.1) is 0 Å². The van der Waals surface area contributed by atoms with Gasteiger partial charge in [-0.05, 0) is 26.3 Å². The van der Waals surface area contributed by atoms with Crippen molar-refractivity contribution in [3.63, 3.8) is 0 Å². The highest BCUT2D eigenvalue weighted by Crippen LogP contribution is 2.08. The van der Waals surface area contributed by atoms with Gasteiger partial charge in [0.1, 0.15) is 0 Å². The predicted octanol–water partition coefficient (Wildman–Crippen LogP) is 1.10.